The summed E-state index contributed by atoms with van der Waals surface area (Å²) in [7, 11) is 0. The van der Waals surface area contributed by atoms with Crippen molar-refractivity contribution in [3.63, 3.8) is 0 Å². The van der Waals surface area contributed by atoms with E-state index in [1.54, 1.807) is 6.20 Å². The molecule has 0 aliphatic rings. The number of hydrogen-bond donors (Lipinski definition) is 1. The van der Waals surface area contributed by atoms with Gasteiger partial charge in [-0.3, -0.25) is 4.98 Å². The number of pyridine rings is 1. The Hall–Kier alpha value is -1.87. The van der Waals surface area contributed by atoms with E-state index in [0.29, 0.717) is 0 Å². The Labute approximate surface area is 121 Å². The first kappa shape index (κ1) is 14.5. The fourth-order valence-corrected chi connectivity index (χ4v) is 2.14. The number of benzene rings is 1. The molecule has 1 aromatic heterocycles. The van der Waals surface area contributed by atoms with Crippen molar-refractivity contribution in [2.24, 2.45) is 0 Å². The summed E-state index contributed by atoms with van der Waals surface area (Å²) in [5, 5.41) is 3.35. The molecule has 1 N–H and O–H groups in total. The number of para-hydroxylation sites is 1. The Balaban J connectivity index is 2.11. The summed E-state index contributed by atoms with van der Waals surface area (Å²) in [5.41, 5.74) is 2.24. The number of nitrogens with zero attached hydrogens (tertiary/aromatic N) is 1. The van der Waals surface area contributed by atoms with Crippen molar-refractivity contribution in [3.8, 4) is 11.5 Å². The number of aromatic nitrogens is 1. The second-order valence-corrected chi connectivity index (χ2v) is 4.76. The Kier molecular flexibility index (Phi) is 5.13. The molecule has 20 heavy (non-hydrogen) atoms. The minimum absolute atomic E-state index is 0.261. The highest BCUT2D eigenvalue weighted by molar-refractivity contribution is 5.37. The van der Waals surface area contributed by atoms with Gasteiger partial charge in [-0.05, 0) is 43.7 Å². The first-order valence-electron chi connectivity index (χ1n) is 7.19. The second-order valence-electron chi connectivity index (χ2n) is 4.76. The lowest BCUT2D eigenvalue weighted by atomic mass is 10.1. The maximum absolute atomic E-state index is 5.91. The molecule has 0 aliphatic carbocycles. The smallest absolute Gasteiger partial charge is 0.145 e. The van der Waals surface area contributed by atoms with E-state index in [0.717, 1.165) is 30.2 Å². The summed E-state index contributed by atoms with van der Waals surface area (Å²) in [6.45, 7) is 7.26. The zero-order valence-corrected chi connectivity index (χ0v) is 12.4. The van der Waals surface area contributed by atoms with Crippen molar-refractivity contribution in [1.82, 2.24) is 10.3 Å². The van der Waals surface area contributed by atoms with Crippen LogP contribution in [0.3, 0.4) is 0 Å². The third-order valence-corrected chi connectivity index (χ3v) is 3.29. The molecule has 2 aromatic rings. The van der Waals surface area contributed by atoms with Gasteiger partial charge >= 0.3 is 0 Å². The van der Waals surface area contributed by atoms with Crippen LogP contribution in [0.4, 0.5) is 0 Å². The van der Waals surface area contributed by atoms with Crippen LogP contribution in [0, 0.1) is 0 Å². The fraction of sp³-hybridized carbons (Fsp3) is 0.353. The lowest BCUT2D eigenvalue weighted by Gasteiger charge is -2.13. The third-order valence-electron chi connectivity index (χ3n) is 3.29. The average molecular weight is 270 g/mol. The highest BCUT2D eigenvalue weighted by Crippen LogP contribution is 2.25. The molecule has 0 saturated carbocycles. The standard InChI is InChI=1S/C17H22N2O/c1-4-14-8-6-7-9-17(14)20-15-10-11-16(19-12-15)13(3)18-5-2/h6-13,18H,4-5H2,1-3H3. The molecule has 0 aliphatic heterocycles. The quantitative estimate of drug-likeness (QED) is 0.857. The van der Waals surface area contributed by atoms with E-state index in [9.17, 15) is 0 Å². The van der Waals surface area contributed by atoms with Gasteiger partial charge in [0.2, 0.25) is 0 Å². The fourth-order valence-electron chi connectivity index (χ4n) is 2.14. The van der Waals surface area contributed by atoms with Gasteiger partial charge < -0.3 is 10.1 Å². The van der Waals surface area contributed by atoms with E-state index < -0.39 is 0 Å². The summed E-state index contributed by atoms with van der Waals surface area (Å²) in [6, 6.07) is 12.4. The van der Waals surface area contributed by atoms with Crippen LogP contribution in [0.1, 0.15) is 38.1 Å². The van der Waals surface area contributed by atoms with E-state index in [4.69, 9.17) is 4.74 Å². The zero-order valence-electron chi connectivity index (χ0n) is 12.4. The van der Waals surface area contributed by atoms with Crippen molar-refractivity contribution in [2.75, 3.05) is 6.54 Å². The molecule has 0 radical (unpaired) electrons. The van der Waals surface area contributed by atoms with Crippen molar-refractivity contribution in [2.45, 2.75) is 33.2 Å². The van der Waals surface area contributed by atoms with E-state index >= 15 is 0 Å². The summed E-state index contributed by atoms with van der Waals surface area (Å²) in [6.07, 6.45) is 2.74. The number of aryl methyl sites for hydroxylation is 1. The predicted molar refractivity (Wildman–Crippen MR) is 82.2 cm³/mol. The predicted octanol–water partition coefficient (Wildman–Crippen LogP) is 4.11. The first-order chi connectivity index (χ1) is 9.74. The van der Waals surface area contributed by atoms with Crippen molar-refractivity contribution >= 4 is 0 Å². The summed E-state index contributed by atoms with van der Waals surface area (Å²) in [5.74, 6) is 1.68. The SMILES string of the molecule is CCNC(C)c1ccc(Oc2ccccc2CC)cn1. The third kappa shape index (κ3) is 3.58. The topological polar surface area (TPSA) is 34.1 Å². The van der Waals surface area contributed by atoms with Crippen molar-refractivity contribution in [3.05, 3.63) is 53.9 Å². The van der Waals surface area contributed by atoms with Gasteiger partial charge in [-0.25, -0.2) is 0 Å². The molecule has 2 rings (SSSR count). The number of rotatable bonds is 6. The molecule has 0 amide bonds. The van der Waals surface area contributed by atoms with Crippen LogP contribution < -0.4 is 10.1 Å². The van der Waals surface area contributed by atoms with Gasteiger partial charge in [-0.1, -0.05) is 32.0 Å². The molecule has 0 bridgehead atoms. The van der Waals surface area contributed by atoms with Gasteiger partial charge in [0.1, 0.15) is 11.5 Å². The average Bonchev–Trinajstić information content (AvgIpc) is 2.49. The van der Waals surface area contributed by atoms with Gasteiger partial charge in [0.15, 0.2) is 0 Å². The first-order valence-corrected chi connectivity index (χ1v) is 7.19. The molecule has 0 saturated heterocycles. The lowest BCUT2D eigenvalue weighted by molar-refractivity contribution is 0.472. The van der Waals surface area contributed by atoms with Gasteiger partial charge in [0.05, 0.1) is 11.9 Å². The van der Waals surface area contributed by atoms with Gasteiger partial charge in [0, 0.05) is 6.04 Å². The minimum atomic E-state index is 0.261. The number of ether oxygens (including phenoxy) is 1. The largest absolute Gasteiger partial charge is 0.455 e. The van der Waals surface area contributed by atoms with E-state index in [1.165, 1.54) is 5.56 Å². The Bertz CT molecular complexity index is 537. The van der Waals surface area contributed by atoms with E-state index in [2.05, 4.69) is 37.1 Å². The molecule has 0 fully saturated rings. The summed E-state index contributed by atoms with van der Waals surface area (Å²) < 4.78 is 5.91. The van der Waals surface area contributed by atoms with Crippen LogP contribution in [0.5, 0.6) is 11.5 Å². The molecule has 1 aromatic carbocycles. The molecule has 3 nitrogen and oxygen atoms in total. The molecule has 1 heterocycles. The minimum Gasteiger partial charge on any atom is -0.455 e. The molecule has 1 unspecified atom stereocenters. The van der Waals surface area contributed by atoms with Gasteiger partial charge in [-0.15, -0.1) is 0 Å². The Morgan fingerprint density at radius 1 is 1.15 bits per heavy atom. The highest BCUT2D eigenvalue weighted by atomic mass is 16.5. The molecular formula is C17H22N2O. The van der Waals surface area contributed by atoms with Crippen LogP contribution >= 0.6 is 0 Å². The van der Waals surface area contributed by atoms with Gasteiger partial charge in [0.25, 0.3) is 0 Å². The molecule has 0 spiro atoms. The molecule has 1 atom stereocenters. The molecule has 106 valence electrons. The number of hydrogen-bond acceptors (Lipinski definition) is 3. The van der Waals surface area contributed by atoms with Crippen molar-refractivity contribution < 1.29 is 4.74 Å². The zero-order chi connectivity index (χ0) is 14.4. The maximum Gasteiger partial charge on any atom is 0.145 e. The monoisotopic (exact) mass is 270 g/mol. The lowest BCUT2D eigenvalue weighted by Crippen LogP contribution is -2.18. The maximum atomic E-state index is 5.91. The summed E-state index contributed by atoms with van der Waals surface area (Å²) >= 11 is 0. The van der Waals surface area contributed by atoms with E-state index in [-0.39, 0.29) is 6.04 Å². The van der Waals surface area contributed by atoms with Crippen molar-refractivity contribution in [1.29, 1.82) is 0 Å². The molecular weight excluding hydrogens is 248 g/mol. The van der Waals surface area contributed by atoms with Crippen LogP contribution in [0.15, 0.2) is 42.6 Å². The normalized spacial score (nSPS) is 12.2. The van der Waals surface area contributed by atoms with Crippen LogP contribution in [-0.4, -0.2) is 11.5 Å². The van der Waals surface area contributed by atoms with Crippen LogP contribution in [-0.2, 0) is 6.42 Å². The Morgan fingerprint density at radius 2 is 1.95 bits per heavy atom. The van der Waals surface area contributed by atoms with Crippen LogP contribution in [0.25, 0.3) is 0 Å². The molecule has 3 heteroatoms. The van der Waals surface area contributed by atoms with Crippen LogP contribution in [0.2, 0.25) is 0 Å². The number of nitrogens with one attached hydrogen (secondary N) is 1. The highest BCUT2D eigenvalue weighted by Gasteiger charge is 2.06. The van der Waals surface area contributed by atoms with Gasteiger partial charge in [-0.2, -0.15) is 0 Å². The van der Waals surface area contributed by atoms with E-state index in [1.807, 2.05) is 30.3 Å². The summed E-state index contributed by atoms with van der Waals surface area (Å²) in [4.78, 5) is 4.46. The second kappa shape index (κ2) is 7.06. The Morgan fingerprint density at radius 3 is 2.60 bits per heavy atom.